The van der Waals surface area contributed by atoms with E-state index in [-0.39, 0.29) is 12.2 Å². The van der Waals surface area contributed by atoms with Crippen LogP contribution in [0.3, 0.4) is 0 Å². The summed E-state index contributed by atoms with van der Waals surface area (Å²) in [7, 11) is 1.57. The number of methoxy groups -OCH3 is 1. The number of ether oxygens (including phenoxy) is 2. The molecule has 2 aliphatic rings. The number of piperidine rings is 1. The van der Waals surface area contributed by atoms with Crippen molar-refractivity contribution in [1.82, 2.24) is 16.0 Å². The van der Waals surface area contributed by atoms with Crippen LogP contribution in [0.2, 0.25) is 0 Å². The number of nitrogens with one attached hydrogen (secondary N) is 3. The molecule has 0 radical (unpaired) electrons. The average molecular weight is 510 g/mol. The minimum Gasteiger partial charge on any atom is -0.497 e. The highest BCUT2D eigenvalue weighted by molar-refractivity contribution is 5.98. The summed E-state index contributed by atoms with van der Waals surface area (Å²) in [6, 6.07) is 14.1. The number of benzene rings is 2. The van der Waals surface area contributed by atoms with Gasteiger partial charge in [-0.3, -0.25) is 14.4 Å². The van der Waals surface area contributed by atoms with Crippen molar-refractivity contribution in [3.63, 3.8) is 0 Å². The smallest absolute Gasteiger partial charge is 0.243 e. The Hall–Kier alpha value is -3.27. The van der Waals surface area contributed by atoms with Gasteiger partial charge in [0.15, 0.2) is 5.78 Å². The highest BCUT2D eigenvalue weighted by Gasteiger charge is 2.50. The van der Waals surface area contributed by atoms with Crippen LogP contribution in [0.4, 0.5) is 0 Å². The van der Waals surface area contributed by atoms with Crippen molar-refractivity contribution >= 4 is 17.6 Å². The number of amides is 2. The quantitative estimate of drug-likeness (QED) is 0.332. The van der Waals surface area contributed by atoms with E-state index in [4.69, 9.17) is 9.47 Å². The molecule has 0 spiro atoms. The van der Waals surface area contributed by atoms with Crippen molar-refractivity contribution < 1.29 is 29.0 Å². The number of carbonyl (C=O) groups excluding carboxylic acids is 3. The molecule has 2 aliphatic heterocycles. The van der Waals surface area contributed by atoms with Crippen molar-refractivity contribution in [2.24, 2.45) is 0 Å². The zero-order valence-corrected chi connectivity index (χ0v) is 21.2. The maximum atomic E-state index is 13.6. The number of Topliss-reactive ketones (excluding diaryl/α,β-unsaturated/α-hetero) is 1. The summed E-state index contributed by atoms with van der Waals surface area (Å²) in [5.74, 6) is -0.463. The van der Waals surface area contributed by atoms with Gasteiger partial charge in [0.1, 0.15) is 23.4 Å². The normalized spacial score (nSPS) is 24.4. The number of carbonyl (C=O) groups is 3. The van der Waals surface area contributed by atoms with Crippen molar-refractivity contribution in [3.8, 4) is 5.75 Å². The fourth-order valence-electron chi connectivity index (χ4n) is 4.56. The van der Waals surface area contributed by atoms with Crippen LogP contribution in [0.1, 0.15) is 30.9 Å². The molecular formula is C28H35N3O6. The Morgan fingerprint density at radius 1 is 1.05 bits per heavy atom. The summed E-state index contributed by atoms with van der Waals surface area (Å²) in [5, 5.41) is 19.0. The summed E-state index contributed by atoms with van der Waals surface area (Å²) in [6.45, 7) is 2.63. The van der Waals surface area contributed by atoms with Crippen LogP contribution in [-0.4, -0.2) is 72.8 Å². The first-order valence-corrected chi connectivity index (χ1v) is 12.7. The third-order valence-corrected chi connectivity index (χ3v) is 6.95. The highest BCUT2D eigenvalue weighted by Crippen LogP contribution is 2.29. The molecule has 4 N–H and O–H groups in total. The molecule has 2 aromatic rings. The highest BCUT2D eigenvalue weighted by atomic mass is 16.6. The number of epoxide rings is 1. The van der Waals surface area contributed by atoms with E-state index in [0.29, 0.717) is 31.7 Å². The molecule has 2 heterocycles. The van der Waals surface area contributed by atoms with Crippen molar-refractivity contribution in [2.75, 3.05) is 20.3 Å². The Morgan fingerprint density at radius 3 is 2.32 bits per heavy atom. The molecule has 2 saturated heterocycles. The van der Waals surface area contributed by atoms with Crippen LogP contribution >= 0.6 is 0 Å². The first-order chi connectivity index (χ1) is 17.8. The minimum atomic E-state index is -0.962. The van der Waals surface area contributed by atoms with Gasteiger partial charge in [-0.15, -0.1) is 0 Å². The lowest BCUT2D eigenvalue weighted by Gasteiger charge is -2.30. The molecule has 2 amide bonds. The number of aliphatic hydroxyl groups is 1. The van der Waals surface area contributed by atoms with Gasteiger partial charge in [0, 0.05) is 6.42 Å². The number of rotatable bonds is 11. The van der Waals surface area contributed by atoms with Crippen molar-refractivity contribution in [3.05, 3.63) is 65.7 Å². The molecule has 0 aromatic heterocycles. The molecule has 4 rings (SSSR count). The van der Waals surface area contributed by atoms with Gasteiger partial charge in [-0.2, -0.15) is 0 Å². The number of hydrogen-bond acceptors (Lipinski definition) is 7. The van der Waals surface area contributed by atoms with E-state index in [9.17, 15) is 19.5 Å². The molecule has 0 saturated carbocycles. The average Bonchev–Trinajstić information content (AvgIpc) is 3.67. The maximum absolute atomic E-state index is 13.6. The second kappa shape index (κ2) is 11.9. The van der Waals surface area contributed by atoms with Gasteiger partial charge in [0.2, 0.25) is 11.8 Å². The number of hydrogen-bond donors (Lipinski definition) is 4. The lowest BCUT2D eigenvalue weighted by atomic mass is 9.94. The lowest BCUT2D eigenvalue weighted by molar-refractivity contribution is -0.134. The van der Waals surface area contributed by atoms with Crippen molar-refractivity contribution in [2.45, 2.75) is 62.4 Å². The van der Waals surface area contributed by atoms with E-state index in [1.807, 2.05) is 42.5 Å². The molecule has 198 valence electrons. The van der Waals surface area contributed by atoms with Crippen molar-refractivity contribution in [1.29, 1.82) is 0 Å². The molecule has 2 fully saturated rings. The van der Waals surface area contributed by atoms with Crippen LogP contribution in [-0.2, 0) is 32.0 Å². The zero-order chi connectivity index (χ0) is 26.4. The molecule has 0 unspecified atom stereocenters. The van der Waals surface area contributed by atoms with E-state index in [1.54, 1.807) is 26.2 Å². The van der Waals surface area contributed by atoms with E-state index in [0.717, 1.165) is 17.5 Å². The first kappa shape index (κ1) is 26.8. The minimum absolute atomic E-state index is 0.199. The molecule has 2 aromatic carbocycles. The predicted octanol–water partition coefficient (Wildman–Crippen LogP) is 0.921. The Morgan fingerprint density at radius 2 is 1.70 bits per heavy atom. The van der Waals surface area contributed by atoms with Crippen LogP contribution in [0.5, 0.6) is 5.75 Å². The Kier molecular flexibility index (Phi) is 8.58. The van der Waals surface area contributed by atoms with Crippen LogP contribution in [0, 0.1) is 0 Å². The first-order valence-electron chi connectivity index (χ1n) is 12.7. The molecule has 37 heavy (non-hydrogen) atoms. The van der Waals surface area contributed by atoms with E-state index in [2.05, 4.69) is 16.0 Å². The monoisotopic (exact) mass is 509 g/mol. The lowest BCUT2D eigenvalue weighted by Crippen LogP contribution is -2.60. The Labute approximate surface area is 216 Å². The van der Waals surface area contributed by atoms with Gasteiger partial charge < -0.3 is 30.5 Å². The predicted molar refractivity (Wildman–Crippen MR) is 137 cm³/mol. The van der Waals surface area contributed by atoms with Gasteiger partial charge >= 0.3 is 0 Å². The number of ketones is 1. The van der Waals surface area contributed by atoms with E-state index < -0.39 is 41.6 Å². The molecule has 0 bridgehead atoms. The topological polar surface area (TPSA) is 129 Å². The second-order valence-electron chi connectivity index (χ2n) is 9.89. The van der Waals surface area contributed by atoms with E-state index in [1.165, 1.54) is 0 Å². The van der Waals surface area contributed by atoms with Gasteiger partial charge in [-0.1, -0.05) is 42.5 Å². The SMILES string of the molecule is COc1ccc(C[C@H](NC(=O)[C@@H]2NCCC[C@@H]2O)C(=O)N[C@@H](Cc2ccccc2)C(=O)[C@@]2(C)CO2)cc1. The molecule has 9 nitrogen and oxygen atoms in total. The zero-order valence-electron chi connectivity index (χ0n) is 21.2. The maximum Gasteiger partial charge on any atom is 0.243 e. The molecule has 0 aliphatic carbocycles. The Balaban J connectivity index is 1.54. The van der Waals surface area contributed by atoms with Crippen LogP contribution in [0.25, 0.3) is 0 Å². The van der Waals surface area contributed by atoms with Crippen LogP contribution < -0.4 is 20.7 Å². The summed E-state index contributed by atoms with van der Waals surface area (Å²) < 4.78 is 10.6. The largest absolute Gasteiger partial charge is 0.497 e. The summed E-state index contributed by atoms with van der Waals surface area (Å²) in [4.78, 5) is 39.9. The standard InChI is InChI=1S/C28H35N3O6/c1-28(17-37-28)25(33)21(15-18-7-4-3-5-8-18)30-26(34)22(16-19-10-12-20(36-2)13-11-19)31-27(35)24-23(32)9-6-14-29-24/h3-5,7-8,10-13,21-24,29,32H,6,9,14-17H2,1-2H3,(H,30,34)(H,31,35)/t21-,22-,23-,24+,28+/m0/s1. The summed E-state index contributed by atoms with van der Waals surface area (Å²) in [6.07, 6.45) is 0.941. The van der Waals surface area contributed by atoms with Gasteiger partial charge in [-0.25, -0.2) is 0 Å². The van der Waals surface area contributed by atoms with Gasteiger partial charge in [0.25, 0.3) is 0 Å². The fraction of sp³-hybridized carbons (Fsp3) is 0.464. The summed E-state index contributed by atoms with van der Waals surface area (Å²) in [5.41, 5.74) is 0.787. The van der Waals surface area contributed by atoms with Gasteiger partial charge in [-0.05, 0) is 56.0 Å². The molecule has 9 heteroatoms. The van der Waals surface area contributed by atoms with E-state index >= 15 is 0 Å². The molecular weight excluding hydrogens is 474 g/mol. The Bertz CT molecular complexity index is 1090. The third-order valence-electron chi connectivity index (χ3n) is 6.95. The number of aliphatic hydroxyl groups excluding tert-OH is 1. The molecule has 5 atom stereocenters. The summed E-state index contributed by atoms with van der Waals surface area (Å²) >= 11 is 0. The second-order valence-corrected chi connectivity index (χ2v) is 9.89. The van der Waals surface area contributed by atoms with Crippen LogP contribution in [0.15, 0.2) is 54.6 Å². The fourth-order valence-corrected chi connectivity index (χ4v) is 4.56. The third kappa shape index (κ3) is 6.94. The van der Waals surface area contributed by atoms with Gasteiger partial charge in [0.05, 0.1) is 25.9 Å².